The van der Waals surface area contributed by atoms with E-state index in [4.69, 9.17) is 5.11 Å². The first-order chi connectivity index (χ1) is 14.2. The number of nitrogens with zero attached hydrogens (tertiary/aromatic N) is 4. The van der Waals surface area contributed by atoms with Gasteiger partial charge in [0.1, 0.15) is 0 Å². The van der Waals surface area contributed by atoms with E-state index in [2.05, 4.69) is 25.7 Å². The Morgan fingerprint density at radius 3 is 2.34 bits per heavy atom. The van der Waals surface area contributed by atoms with Crippen LogP contribution in [0, 0.1) is 0 Å². The van der Waals surface area contributed by atoms with E-state index >= 15 is 0 Å². The van der Waals surface area contributed by atoms with Gasteiger partial charge < -0.3 is 5.11 Å². The molecule has 1 aromatic heterocycles. The molecule has 0 aliphatic rings. The molecule has 2 N–H and O–H groups in total. The second-order valence-corrected chi connectivity index (χ2v) is 6.97. The number of benzene rings is 3. The first-order valence-corrected chi connectivity index (χ1v) is 9.50. The first kappa shape index (κ1) is 18.5. The highest BCUT2D eigenvalue weighted by molar-refractivity contribution is 7.21. The van der Waals surface area contributed by atoms with Crippen molar-refractivity contribution >= 4 is 44.2 Å². The Bertz CT molecular complexity index is 1170. The number of nitrogens with one attached hydrogen (secondary N) is 1. The topological polar surface area (TPSA) is 99.3 Å². The van der Waals surface area contributed by atoms with Crippen LogP contribution in [0.1, 0.15) is 15.9 Å². The largest absolute Gasteiger partial charge is 0.478 e. The zero-order valence-electron chi connectivity index (χ0n) is 15.1. The summed E-state index contributed by atoms with van der Waals surface area (Å²) in [6.07, 6.45) is 0. The molecule has 142 valence electrons. The second-order valence-electron chi connectivity index (χ2n) is 5.96. The van der Waals surface area contributed by atoms with Crippen molar-refractivity contribution < 1.29 is 9.90 Å². The van der Waals surface area contributed by atoms with Gasteiger partial charge in [-0.2, -0.15) is 5.10 Å². The number of fused-ring (bicyclic) bond motifs is 1. The van der Waals surface area contributed by atoms with Crippen LogP contribution in [0.15, 0.2) is 94.2 Å². The number of thiazole rings is 1. The van der Waals surface area contributed by atoms with Crippen LogP contribution in [-0.4, -0.2) is 21.9 Å². The second kappa shape index (κ2) is 8.41. The maximum absolute atomic E-state index is 11.0. The fourth-order valence-electron chi connectivity index (χ4n) is 2.53. The number of amidine groups is 1. The van der Waals surface area contributed by atoms with Crippen LogP contribution >= 0.6 is 11.3 Å². The number of rotatable bonds is 5. The summed E-state index contributed by atoms with van der Waals surface area (Å²) in [5.74, 6) is -0.596. The molecule has 3 aromatic carbocycles. The molecule has 0 radical (unpaired) electrons. The van der Waals surface area contributed by atoms with Crippen molar-refractivity contribution in [1.82, 2.24) is 4.98 Å². The van der Waals surface area contributed by atoms with Crippen molar-refractivity contribution in [2.75, 3.05) is 5.43 Å². The molecule has 8 heteroatoms. The van der Waals surface area contributed by atoms with Crippen LogP contribution in [-0.2, 0) is 0 Å². The molecule has 0 bridgehead atoms. The predicted molar refractivity (Wildman–Crippen MR) is 114 cm³/mol. The molecule has 0 amide bonds. The van der Waals surface area contributed by atoms with Crippen molar-refractivity contribution in [3.8, 4) is 0 Å². The van der Waals surface area contributed by atoms with Gasteiger partial charge in [0.15, 0.2) is 0 Å². The maximum Gasteiger partial charge on any atom is 0.335 e. The molecular formula is C21H15N5O2S. The molecule has 0 unspecified atom stereocenters. The third-order valence-electron chi connectivity index (χ3n) is 3.97. The highest BCUT2D eigenvalue weighted by atomic mass is 32.1. The van der Waals surface area contributed by atoms with E-state index in [1.165, 1.54) is 23.5 Å². The van der Waals surface area contributed by atoms with Crippen LogP contribution in [0.3, 0.4) is 0 Å². The fraction of sp³-hybridized carbons (Fsp3) is 0. The molecule has 4 rings (SSSR count). The molecule has 0 aliphatic carbocycles. The zero-order chi connectivity index (χ0) is 20.1. The number of para-hydroxylation sites is 1. The van der Waals surface area contributed by atoms with E-state index < -0.39 is 5.97 Å². The van der Waals surface area contributed by atoms with Crippen LogP contribution in [0.5, 0.6) is 0 Å². The third kappa shape index (κ3) is 4.50. The van der Waals surface area contributed by atoms with E-state index in [1.54, 1.807) is 12.1 Å². The minimum Gasteiger partial charge on any atom is -0.478 e. The summed E-state index contributed by atoms with van der Waals surface area (Å²) in [7, 11) is 0. The lowest BCUT2D eigenvalue weighted by atomic mass is 10.2. The van der Waals surface area contributed by atoms with Crippen LogP contribution < -0.4 is 5.43 Å². The molecule has 0 spiro atoms. The lowest BCUT2D eigenvalue weighted by molar-refractivity contribution is 0.0697. The number of hydrogen-bond donors (Lipinski definition) is 2. The average Bonchev–Trinajstić information content (AvgIpc) is 3.17. The summed E-state index contributed by atoms with van der Waals surface area (Å²) in [5.41, 5.74) is 5.40. The van der Waals surface area contributed by atoms with E-state index in [1.807, 2.05) is 54.6 Å². The lowest BCUT2D eigenvalue weighted by Crippen LogP contribution is -2.01. The number of aromatic nitrogens is 1. The van der Waals surface area contributed by atoms with E-state index in [-0.39, 0.29) is 5.56 Å². The van der Waals surface area contributed by atoms with Crippen molar-refractivity contribution in [3.05, 3.63) is 90.0 Å². The Morgan fingerprint density at radius 2 is 1.62 bits per heavy atom. The molecule has 4 aromatic rings. The SMILES string of the molecule is O=C(O)c1ccc(N/N=C(\N=Nc2nc3ccccc3s2)c2ccccc2)cc1. The Balaban J connectivity index is 1.60. The van der Waals surface area contributed by atoms with Crippen molar-refractivity contribution in [2.24, 2.45) is 15.3 Å². The number of aromatic carboxylic acids is 1. The summed E-state index contributed by atoms with van der Waals surface area (Å²) in [5, 5.41) is 22.4. The summed E-state index contributed by atoms with van der Waals surface area (Å²) in [4.78, 5) is 15.4. The van der Waals surface area contributed by atoms with Crippen molar-refractivity contribution in [2.45, 2.75) is 0 Å². The van der Waals surface area contributed by atoms with E-state index in [0.717, 1.165) is 15.8 Å². The van der Waals surface area contributed by atoms with Gasteiger partial charge in [0, 0.05) is 5.56 Å². The number of carboxylic acids is 1. The van der Waals surface area contributed by atoms with Gasteiger partial charge in [-0.3, -0.25) is 5.43 Å². The van der Waals surface area contributed by atoms with Gasteiger partial charge in [-0.05, 0) is 36.4 Å². The smallest absolute Gasteiger partial charge is 0.335 e. The standard InChI is InChI=1S/C21H15N5O2S/c27-20(28)15-10-12-16(13-11-15)23-24-19(14-6-2-1-3-7-14)25-26-21-22-17-8-4-5-9-18(17)29-21/h1-13,23H,(H,27,28)/b24-19-,26-25?. The van der Waals surface area contributed by atoms with Crippen LogP contribution in [0.2, 0.25) is 0 Å². The number of hydrogen-bond acceptors (Lipinski definition) is 6. The summed E-state index contributed by atoms with van der Waals surface area (Å²) >= 11 is 1.45. The summed E-state index contributed by atoms with van der Waals surface area (Å²) in [6, 6.07) is 23.5. The van der Waals surface area contributed by atoms with Crippen LogP contribution in [0.4, 0.5) is 10.8 Å². The molecule has 0 saturated heterocycles. The quantitative estimate of drug-likeness (QED) is 0.198. The highest BCUT2D eigenvalue weighted by Crippen LogP contribution is 2.28. The first-order valence-electron chi connectivity index (χ1n) is 8.69. The normalized spacial score (nSPS) is 11.8. The highest BCUT2D eigenvalue weighted by Gasteiger charge is 2.06. The fourth-order valence-corrected chi connectivity index (χ4v) is 3.32. The molecule has 0 fully saturated rings. The lowest BCUT2D eigenvalue weighted by Gasteiger charge is -2.03. The van der Waals surface area contributed by atoms with Gasteiger partial charge in [-0.25, -0.2) is 9.78 Å². The molecule has 7 nitrogen and oxygen atoms in total. The molecule has 0 saturated carbocycles. The minimum atomic E-state index is -0.977. The molecular weight excluding hydrogens is 386 g/mol. The number of carboxylic acid groups (broad SMARTS) is 1. The third-order valence-corrected chi connectivity index (χ3v) is 4.89. The van der Waals surface area contributed by atoms with Gasteiger partial charge >= 0.3 is 5.97 Å². The molecule has 0 aliphatic heterocycles. The Hall–Kier alpha value is -3.91. The Kier molecular flexibility index (Phi) is 5.35. The number of azo groups is 1. The van der Waals surface area contributed by atoms with Gasteiger partial charge in [-0.15, -0.1) is 10.2 Å². The maximum atomic E-state index is 11.0. The Morgan fingerprint density at radius 1 is 0.897 bits per heavy atom. The molecule has 29 heavy (non-hydrogen) atoms. The molecule has 0 atom stereocenters. The average molecular weight is 401 g/mol. The zero-order valence-corrected chi connectivity index (χ0v) is 15.9. The van der Waals surface area contributed by atoms with Gasteiger partial charge in [0.2, 0.25) is 11.0 Å². The predicted octanol–water partition coefficient (Wildman–Crippen LogP) is 5.55. The van der Waals surface area contributed by atoms with E-state index in [0.29, 0.717) is 16.7 Å². The monoisotopic (exact) mass is 401 g/mol. The minimum absolute atomic E-state index is 0.207. The number of carbonyl (C=O) groups is 1. The van der Waals surface area contributed by atoms with Gasteiger partial charge in [0.25, 0.3) is 0 Å². The molecule has 1 heterocycles. The van der Waals surface area contributed by atoms with E-state index in [9.17, 15) is 4.79 Å². The van der Waals surface area contributed by atoms with Gasteiger partial charge in [0.05, 0.1) is 21.5 Å². The summed E-state index contributed by atoms with van der Waals surface area (Å²) < 4.78 is 1.04. The Labute approximate surface area is 170 Å². The van der Waals surface area contributed by atoms with Gasteiger partial charge in [-0.1, -0.05) is 53.8 Å². The van der Waals surface area contributed by atoms with Crippen molar-refractivity contribution in [3.63, 3.8) is 0 Å². The van der Waals surface area contributed by atoms with Crippen LogP contribution in [0.25, 0.3) is 10.2 Å². The van der Waals surface area contributed by atoms with Crippen molar-refractivity contribution in [1.29, 1.82) is 0 Å². The number of anilines is 1. The number of hydrazone groups is 1. The summed E-state index contributed by atoms with van der Waals surface area (Å²) in [6.45, 7) is 0.